The largest absolute Gasteiger partial charge is 0.451 e. The van der Waals surface area contributed by atoms with Gasteiger partial charge < -0.3 is 4.74 Å². The number of nitrogens with one attached hydrogen (secondary N) is 1. The van der Waals surface area contributed by atoms with E-state index in [4.69, 9.17) is 4.74 Å². The van der Waals surface area contributed by atoms with E-state index in [1.54, 1.807) is 6.07 Å². The number of benzene rings is 2. The molecule has 0 radical (unpaired) electrons. The van der Waals surface area contributed by atoms with Crippen molar-refractivity contribution in [1.82, 2.24) is 4.98 Å². The summed E-state index contributed by atoms with van der Waals surface area (Å²) in [5, 5.41) is 4.94. The number of esters is 1. The Morgan fingerprint density at radius 3 is 2.71 bits per heavy atom. The Balaban J connectivity index is 1.35. The number of ether oxygens (including phenoxy) is 1. The van der Waals surface area contributed by atoms with Gasteiger partial charge in [-0.25, -0.2) is 4.98 Å². The van der Waals surface area contributed by atoms with Gasteiger partial charge in [-0.2, -0.15) is 0 Å². The van der Waals surface area contributed by atoms with E-state index in [-0.39, 0.29) is 18.2 Å². The second-order valence-electron chi connectivity index (χ2n) is 6.76. The second kappa shape index (κ2) is 9.32. The first-order chi connectivity index (χ1) is 15.0. The molecule has 1 aliphatic rings. The summed E-state index contributed by atoms with van der Waals surface area (Å²) in [6.45, 7) is 1.24. The van der Waals surface area contributed by atoms with Gasteiger partial charge in [0.15, 0.2) is 11.2 Å². The van der Waals surface area contributed by atoms with E-state index < -0.39 is 18.0 Å². The second-order valence-corrected chi connectivity index (χ2v) is 8.64. The highest BCUT2D eigenvalue weighted by Gasteiger charge is 2.28. The van der Waals surface area contributed by atoms with Crippen molar-refractivity contribution < 1.29 is 19.1 Å². The fourth-order valence-electron chi connectivity index (χ4n) is 3.02. The molecule has 31 heavy (non-hydrogen) atoms. The van der Waals surface area contributed by atoms with Gasteiger partial charge >= 0.3 is 5.97 Å². The van der Waals surface area contributed by atoms with Crippen LogP contribution in [-0.2, 0) is 19.1 Å². The zero-order valence-electron chi connectivity index (χ0n) is 16.6. The van der Waals surface area contributed by atoms with Crippen molar-refractivity contribution in [3.8, 4) is 11.3 Å². The highest BCUT2D eigenvalue weighted by atomic mass is 32.2. The van der Waals surface area contributed by atoms with Crippen LogP contribution in [-0.4, -0.2) is 41.2 Å². The van der Waals surface area contributed by atoms with Crippen molar-refractivity contribution in [3.05, 3.63) is 60.0 Å². The van der Waals surface area contributed by atoms with Gasteiger partial charge in [-0.1, -0.05) is 42.5 Å². The average molecular weight is 454 g/mol. The van der Waals surface area contributed by atoms with Gasteiger partial charge in [0, 0.05) is 15.8 Å². The van der Waals surface area contributed by atoms with Crippen LogP contribution < -0.4 is 10.2 Å². The summed E-state index contributed by atoms with van der Waals surface area (Å²) in [5.41, 5.74) is 2.38. The van der Waals surface area contributed by atoms with E-state index in [9.17, 15) is 14.4 Å². The molecule has 1 aliphatic heterocycles. The molecule has 0 saturated carbocycles. The summed E-state index contributed by atoms with van der Waals surface area (Å²) in [6, 6.07) is 17.0. The maximum atomic E-state index is 12.4. The summed E-state index contributed by atoms with van der Waals surface area (Å²) in [7, 11) is 0. The summed E-state index contributed by atoms with van der Waals surface area (Å²) in [5.74, 6) is -1.05. The number of rotatable bonds is 6. The van der Waals surface area contributed by atoms with Crippen LogP contribution in [0, 0.1) is 0 Å². The first-order valence-electron chi connectivity index (χ1n) is 9.55. The number of aromatic nitrogens is 1. The Kier molecular flexibility index (Phi) is 6.34. The molecule has 0 spiro atoms. The number of anilines is 2. The lowest BCUT2D eigenvalue weighted by atomic mass is 10.2. The van der Waals surface area contributed by atoms with E-state index in [0.29, 0.717) is 10.8 Å². The molecular weight excluding hydrogens is 434 g/mol. The topological polar surface area (TPSA) is 88.6 Å². The number of thioether (sulfide) groups is 1. The standard InChI is InChI=1S/C22H19N3O4S2/c1-14(21(28)24-22-23-16(12-31-22)15-7-3-2-4-8-15)29-20(27)11-25-17-9-5-6-10-18(17)30-13-19(25)26/h2-10,12,14H,11,13H2,1H3,(H,23,24,28). The zero-order chi connectivity index (χ0) is 21.8. The summed E-state index contributed by atoms with van der Waals surface area (Å²) in [6.07, 6.45) is -1.03. The number of fused-ring (bicyclic) bond motifs is 1. The molecule has 2 aromatic carbocycles. The molecule has 158 valence electrons. The maximum absolute atomic E-state index is 12.4. The Bertz CT molecular complexity index is 1120. The Morgan fingerprint density at radius 2 is 1.90 bits per heavy atom. The van der Waals surface area contributed by atoms with Crippen LogP contribution in [0.3, 0.4) is 0 Å². The van der Waals surface area contributed by atoms with Crippen LogP contribution in [0.5, 0.6) is 0 Å². The van der Waals surface area contributed by atoms with Crippen molar-refractivity contribution in [3.63, 3.8) is 0 Å². The molecule has 7 nitrogen and oxygen atoms in total. The molecule has 0 saturated heterocycles. The van der Waals surface area contributed by atoms with Crippen LogP contribution in [0.25, 0.3) is 11.3 Å². The first-order valence-corrected chi connectivity index (χ1v) is 11.4. The zero-order valence-corrected chi connectivity index (χ0v) is 18.2. The number of para-hydroxylation sites is 1. The van der Waals surface area contributed by atoms with Gasteiger partial charge in [-0.3, -0.25) is 24.6 Å². The molecule has 0 bridgehead atoms. The summed E-state index contributed by atoms with van der Waals surface area (Å²) < 4.78 is 5.27. The fraction of sp³-hybridized carbons (Fsp3) is 0.182. The van der Waals surface area contributed by atoms with Crippen LogP contribution in [0.15, 0.2) is 64.9 Å². The lowest BCUT2D eigenvalue weighted by molar-refractivity contribution is -0.152. The van der Waals surface area contributed by atoms with Crippen molar-refractivity contribution in [2.45, 2.75) is 17.9 Å². The minimum atomic E-state index is -1.03. The van der Waals surface area contributed by atoms with Crippen molar-refractivity contribution in [2.75, 3.05) is 22.5 Å². The lowest BCUT2D eigenvalue weighted by Gasteiger charge is -2.28. The third-order valence-electron chi connectivity index (χ3n) is 4.58. The SMILES string of the molecule is CC(OC(=O)CN1C(=O)CSc2ccccc21)C(=O)Nc1nc(-c2ccccc2)cs1. The molecule has 2 amide bonds. The van der Waals surface area contributed by atoms with Gasteiger partial charge in [0.1, 0.15) is 6.54 Å². The summed E-state index contributed by atoms with van der Waals surface area (Å²) in [4.78, 5) is 43.9. The quantitative estimate of drug-likeness (QED) is 0.571. The maximum Gasteiger partial charge on any atom is 0.326 e. The third kappa shape index (κ3) is 4.95. The highest BCUT2D eigenvalue weighted by Crippen LogP contribution is 2.34. The molecule has 1 unspecified atom stereocenters. The molecular formula is C22H19N3O4S2. The molecule has 9 heteroatoms. The normalized spacial score (nSPS) is 14.0. The van der Waals surface area contributed by atoms with Crippen molar-refractivity contribution in [2.24, 2.45) is 0 Å². The minimum Gasteiger partial charge on any atom is -0.451 e. The minimum absolute atomic E-state index is 0.172. The first kappa shape index (κ1) is 21.1. The molecule has 1 atom stereocenters. The summed E-state index contributed by atoms with van der Waals surface area (Å²) >= 11 is 2.73. The number of amides is 2. The van der Waals surface area contributed by atoms with E-state index in [1.165, 1.54) is 34.9 Å². The molecule has 4 rings (SSSR count). The van der Waals surface area contributed by atoms with E-state index in [1.807, 2.05) is 53.9 Å². The highest BCUT2D eigenvalue weighted by molar-refractivity contribution is 8.00. The van der Waals surface area contributed by atoms with Crippen LogP contribution in [0.4, 0.5) is 10.8 Å². The van der Waals surface area contributed by atoms with Gasteiger partial charge in [-0.15, -0.1) is 23.1 Å². The molecule has 2 heterocycles. The molecule has 3 aromatic rings. The smallest absolute Gasteiger partial charge is 0.326 e. The van der Waals surface area contributed by atoms with Crippen LogP contribution in [0.2, 0.25) is 0 Å². The molecule has 1 N–H and O–H groups in total. The predicted octanol–water partition coefficient (Wildman–Crippen LogP) is 3.82. The van der Waals surface area contributed by atoms with Gasteiger partial charge in [0.2, 0.25) is 5.91 Å². The van der Waals surface area contributed by atoms with Crippen LogP contribution >= 0.6 is 23.1 Å². The van der Waals surface area contributed by atoms with Gasteiger partial charge in [0.05, 0.1) is 17.1 Å². The number of nitrogens with zero attached hydrogens (tertiary/aromatic N) is 2. The number of hydrogen-bond donors (Lipinski definition) is 1. The average Bonchev–Trinajstić information content (AvgIpc) is 3.25. The van der Waals surface area contributed by atoms with E-state index >= 15 is 0 Å². The van der Waals surface area contributed by atoms with Crippen LogP contribution in [0.1, 0.15) is 6.92 Å². The molecule has 1 aromatic heterocycles. The Morgan fingerprint density at radius 1 is 1.16 bits per heavy atom. The van der Waals surface area contributed by atoms with Gasteiger partial charge in [0.25, 0.3) is 5.91 Å². The fourth-order valence-corrected chi connectivity index (χ4v) is 4.68. The number of carbonyl (C=O) groups excluding carboxylic acids is 3. The number of carbonyl (C=O) groups is 3. The van der Waals surface area contributed by atoms with Gasteiger partial charge in [-0.05, 0) is 19.1 Å². The Hall–Kier alpha value is -3.17. The molecule has 0 fully saturated rings. The Labute approximate surface area is 187 Å². The monoisotopic (exact) mass is 453 g/mol. The molecule has 0 aliphatic carbocycles. The van der Waals surface area contributed by atoms with E-state index in [0.717, 1.165) is 16.2 Å². The number of hydrogen-bond acceptors (Lipinski definition) is 7. The van der Waals surface area contributed by atoms with E-state index in [2.05, 4.69) is 10.3 Å². The van der Waals surface area contributed by atoms with Crippen molar-refractivity contribution in [1.29, 1.82) is 0 Å². The lowest BCUT2D eigenvalue weighted by Crippen LogP contribution is -2.41. The predicted molar refractivity (Wildman–Crippen MR) is 121 cm³/mol. The third-order valence-corrected chi connectivity index (χ3v) is 6.38. The van der Waals surface area contributed by atoms with Crippen molar-refractivity contribution >= 4 is 51.7 Å². The number of thiazole rings is 1.